The Morgan fingerprint density at radius 3 is 2.93 bits per heavy atom. The molecule has 1 unspecified atom stereocenters. The average molecular weight is 193 g/mol. The number of nitrogens with two attached hydrogens (primary N) is 1. The van der Waals surface area contributed by atoms with Crippen LogP contribution in [0.25, 0.3) is 11.0 Å². The SMILES string of the molecule is CC(CN)c1cc2c(F)cccc2o1. The van der Waals surface area contributed by atoms with Gasteiger partial charge in [-0.1, -0.05) is 13.0 Å². The summed E-state index contributed by atoms with van der Waals surface area (Å²) in [5.41, 5.74) is 6.09. The maximum absolute atomic E-state index is 13.3. The van der Waals surface area contributed by atoms with Gasteiger partial charge in [0.25, 0.3) is 0 Å². The van der Waals surface area contributed by atoms with E-state index in [1.807, 2.05) is 6.92 Å². The van der Waals surface area contributed by atoms with Gasteiger partial charge in [-0.15, -0.1) is 0 Å². The molecule has 0 fully saturated rings. The van der Waals surface area contributed by atoms with Gasteiger partial charge in [-0.25, -0.2) is 4.39 Å². The van der Waals surface area contributed by atoms with E-state index in [2.05, 4.69) is 0 Å². The minimum absolute atomic E-state index is 0.127. The zero-order valence-corrected chi connectivity index (χ0v) is 7.96. The molecular formula is C11H12FNO. The van der Waals surface area contributed by atoms with Crippen molar-refractivity contribution in [3.63, 3.8) is 0 Å². The Hall–Kier alpha value is -1.35. The van der Waals surface area contributed by atoms with Gasteiger partial charge in [0.15, 0.2) is 0 Å². The van der Waals surface area contributed by atoms with E-state index in [-0.39, 0.29) is 11.7 Å². The van der Waals surface area contributed by atoms with E-state index >= 15 is 0 Å². The quantitative estimate of drug-likeness (QED) is 0.796. The molecule has 0 saturated heterocycles. The Balaban J connectivity index is 2.56. The Bertz CT molecular complexity index is 449. The van der Waals surface area contributed by atoms with Crippen LogP contribution in [0.5, 0.6) is 0 Å². The average Bonchev–Trinajstić information content (AvgIpc) is 2.62. The van der Waals surface area contributed by atoms with E-state index in [9.17, 15) is 4.39 Å². The van der Waals surface area contributed by atoms with E-state index in [4.69, 9.17) is 10.2 Å². The lowest BCUT2D eigenvalue weighted by atomic mass is 10.1. The Kier molecular flexibility index (Phi) is 2.25. The maximum atomic E-state index is 13.3. The lowest BCUT2D eigenvalue weighted by Gasteiger charge is -2.01. The number of hydrogen-bond acceptors (Lipinski definition) is 2. The van der Waals surface area contributed by atoms with Crippen LogP contribution in [0.4, 0.5) is 4.39 Å². The summed E-state index contributed by atoms with van der Waals surface area (Å²) in [5.74, 6) is 0.621. The monoisotopic (exact) mass is 193 g/mol. The molecule has 0 aliphatic carbocycles. The minimum Gasteiger partial charge on any atom is -0.461 e. The number of halogens is 1. The van der Waals surface area contributed by atoms with Crippen molar-refractivity contribution in [2.24, 2.45) is 5.73 Å². The summed E-state index contributed by atoms with van der Waals surface area (Å²) >= 11 is 0. The van der Waals surface area contributed by atoms with Gasteiger partial charge in [0.2, 0.25) is 0 Å². The standard InChI is InChI=1S/C11H12FNO/c1-7(6-13)11-5-8-9(12)3-2-4-10(8)14-11/h2-5,7H,6,13H2,1H3. The van der Waals surface area contributed by atoms with Crippen molar-refractivity contribution < 1.29 is 8.81 Å². The largest absolute Gasteiger partial charge is 0.461 e. The number of furan rings is 1. The molecule has 2 rings (SSSR count). The van der Waals surface area contributed by atoms with Crippen LogP contribution < -0.4 is 5.73 Å². The highest BCUT2D eigenvalue weighted by Crippen LogP contribution is 2.26. The summed E-state index contributed by atoms with van der Waals surface area (Å²) in [4.78, 5) is 0. The topological polar surface area (TPSA) is 39.2 Å². The predicted octanol–water partition coefficient (Wildman–Crippen LogP) is 2.63. The molecule has 0 aliphatic rings. The van der Waals surface area contributed by atoms with Gasteiger partial charge in [0.05, 0.1) is 5.39 Å². The van der Waals surface area contributed by atoms with Gasteiger partial charge in [0.1, 0.15) is 17.2 Å². The maximum Gasteiger partial charge on any atom is 0.137 e. The van der Waals surface area contributed by atoms with Crippen molar-refractivity contribution in [1.82, 2.24) is 0 Å². The highest BCUT2D eigenvalue weighted by Gasteiger charge is 2.11. The molecule has 0 amide bonds. The van der Waals surface area contributed by atoms with Crippen molar-refractivity contribution in [3.05, 3.63) is 35.8 Å². The van der Waals surface area contributed by atoms with Crippen LogP contribution in [0, 0.1) is 5.82 Å². The number of fused-ring (bicyclic) bond motifs is 1. The van der Waals surface area contributed by atoms with Crippen LogP contribution in [-0.2, 0) is 0 Å². The Morgan fingerprint density at radius 1 is 1.50 bits per heavy atom. The predicted molar refractivity (Wildman–Crippen MR) is 53.6 cm³/mol. The van der Waals surface area contributed by atoms with Crippen LogP contribution in [0.3, 0.4) is 0 Å². The van der Waals surface area contributed by atoms with E-state index in [1.54, 1.807) is 18.2 Å². The summed E-state index contributed by atoms with van der Waals surface area (Å²) < 4.78 is 18.8. The fourth-order valence-corrected chi connectivity index (χ4v) is 1.40. The Labute approximate surface area is 81.5 Å². The van der Waals surface area contributed by atoms with Crippen molar-refractivity contribution in [2.45, 2.75) is 12.8 Å². The highest BCUT2D eigenvalue weighted by molar-refractivity contribution is 5.78. The molecule has 0 saturated carbocycles. The van der Waals surface area contributed by atoms with Gasteiger partial charge in [-0.05, 0) is 18.2 Å². The summed E-state index contributed by atoms with van der Waals surface area (Å²) in [7, 11) is 0. The van der Waals surface area contributed by atoms with Crippen LogP contribution in [0.2, 0.25) is 0 Å². The van der Waals surface area contributed by atoms with Gasteiger partial charge in [0, 0.05) is 12.5 Å². The second-order valence-electron chi connectivity index (χ2n) is 3.44. The van der Waals surface area contributed by atoms with Crippen LogP contribution >= 0.6 is 0 Å². The third-order valence-corrected chi connectivity index (χ3v) is 2.37. The van der Waals surface area contributed by atoms with Gasteiger partial charge < -0.3 is 10.2 Å². The smallest absolute Gasteiger partial charge is 0.137 e. The van der Waals surface area contributed by atoms with Crippen molar-refractivity contribution in [1.29, 1.82) is 0 Å². The lowest BCUT2D eigenvalue weighted by molar-refractivity contribution is 0.509. The molecule has 0 aliphatic heterocycles. The third-order valence-electron chi connectivity index (χ3n) is 2.37. The number of rotatable bonds is 2. The fourth-order valence-electron chi connectivity index (χ4n) is 1.40. The highest BCUT2D eigenvalue weighted by atomic mass is 19.1. The zero-order valence-electron chi connectivity index (χ0n) is 7.96. The third kappa shape index (κ3) is 1.40. The molecule has 1 aromatic heterocycles. The molecule has 0 radical (unpaired) electrons. The summed E-state index contributed by atoms with van der Waals surface area (Å²) in [6.07, 6.45) is 0. The van der Waals surface area contributed by atoms with E-state index in [1.165, 1.54) is 6.07 Å². The van der Waals surface area contributed by atoms with Crippen molar-refractivity contribution in [3.8, 4) is 0 Å². The molecule has 74 valence electrons. The molecule has 2 aromatic rings. The Morgan fingerprint density at radius 2 is 2.29 bits per heavy atom. The molecule has 3 heteroatoms. The normalized spacial score (nSPS) is 13.4. The van der Waals surface area contributed by atoms with E-state index < -0.39 is 0 Å². The molecule has 1 heterocycles. The summed E-state index contributed by atoms with van der Waals surface area (Å²) in [5, 5.41) is 0.530. The summed E-state index contributed by atoms with van der Waals surface area (Å²) in [6, 6.07) is 6.54. The number of benzene rings is 1. The van der Waals surface area contributed by atoms with Crippen molar-refractivity contribution >= 4 is 11.0 Å². The molecule has 0 spiro atoms. The first kappa shape index (κ1) is 9.21. The van der Waals surface area contributed by atoms with E-state index in [0.717, 1.165) is 5.76 Å². The molecule has 0 bridgehead atoms. The molecule has 2 nitrogen and oxygen atoms in total. The first-order valence-corrected chi connectivity index (χ1v) is 4.60. The van der Waals surface area contributed by atoms with E-state index in [0.29, 0.717) is 17.5 Å². The first-order valence-electron chi connectivity index (χ1n) is 4.60. The van der Waals surface area contributed by atoms with Crippen LogP contribution in [0.1, 0.15) is 18.6 Å². The molecule has 14 heavy (non-hydrogen) atoms. The van der Waals surface area contributed by atoms with Gasteiger partial charge in [-0.2, -0.15) is 0 Å². The van der Waals surface area contributed by atoms with Gasteiger partial charge in [-0.3, -0.25) is 0 Å². The molecule has 2 N–H and O–H groups in total. The first-order chi connectivity index (χ1) is 6.72. The van der Waals surface area contributed by atoms with Crippen LogP contribution in [0.15, 0.2) is 28.7 Å². The second kappa shape index (κ2) is 3.42. The molecule has 1 atom stereocenters. The fraction of sp³-hybridized carbons (Fsp3) is 0.273. The van der Waals surface area contributed by atoms with Crippen LogP contribution in [-0.4, -0.2) is 6.54 Å². The lowest BCUT2D eigenvalue weighted by Crippen LogP contribution is -2.07. The minimum atomic E-state index is -0.248. The van der Waals surface area contributed by atoms with Gasteiger partial charge >= 0.3 is 0 Å². The summed E-state index contributed by atoms with van der Waals surface area (Å²) in [6.45, 7) is 2.46. The van der Waals surface area contributed by atoms with Crippen molar-refractivity contribution in [2.75, 3.05) is 6.54 Å². The number of hydrogen-bond donors (Lipinski definition) is 1. The molecular weight excluding hydrogens is 181 g/mol. The second-order valence-corrected chi connectivity index (χ2v) is 3.44. The zero-order chi connectivity index (χ0) is 10.1. The molecule has 1 aromatic carbocycles.